The number of hydrogen-bond acceptors (Lipinski definition) is 5. The van der Waals surface area contributed by atoms with Gasteiger partial charge in [-0.1, -0.05) is 121 Å². The SMILES string of the molecule is c1ccc(-c2nc(-c3ccccc3)nc(-n3c4ccccc4c4c5sc6ccccc6c5c5c(ccc6sc7ccccc7c65)c43)n2)cc1. The zero-order valence-corrected chi connectivity index (χ0v) is 27.6. The highest BCUT2D eigenvalue weighted by Crippen LogP contribution is 2.51. The molecule has 4 aromatic heterocycles. The Hall–Kier alpha value is -5.95. The minimum Gasteiger partial charge on any atom is -0.277 e. The van der Waals surface area contributed by atoms with Gasteiger partial charge < -0.3 is 0 Å². The smallest absolute Gasteiger partial charge is 0.238 e. The summed E-state index contributed by atoms with van der Waals surface area (Å²) in [6.45, 7) is 0. The number of fused-ring (bicyclic) bond motifs is 14. The summed E-state index contributed by atoms with van der Waals surface area (Å²) >= 11 is 3.75. The van der Waals surface area contributed by atoms with E-state index in [1.165, 1.54) is 61.9 Å². The van der Waals surface area contributed by atoms with Crippen LogP contribution in [0, 0.1) is 0 Å². The average Bonchev–Trinajstić information content (AvgIpc) is 3.85. The predicted molar refractivity (Wildman–Crippen MR) is 208 cm³/mol. The van der Waals surface area contributed by atoms with Gasteiger partial charge in [-0.25, -0.2) is 4.98 Å². The van der Waals surface area contributed by atoms with Gasteiger partial charge in [0, 0.05) is 73.0 Å². The van der Waals surface area contributed by atoms with Gasteiger partial charge in [0.25, 0.3) is 0 Å². The number of hydrogen-bond donors (Lipinski definition) is 0. The van der Waals surface area contributed by atoms with E-state index in [1.807, 2.05) is 59.1 Å². The Kier molecular flexibility index (Phi) is 5.67. The Balaban J connectivity index is 1.39. The van der Waals surface area contributed by atoms with E-state index >= 15 is 0 Å². The minimum atomic E-state index is 0.607. The van der Waals surface area contributed by atoms with Gasteiger partial charge in [-0.3, -0.25) is 4.57 Å². The maximum absolute atomic E-state index is 5.25. The van der Waals surface area contributed by atoms with Gasteiger partial charge in [0.15, 0.2) is 11.6 Å². The van der Waals surface area contributed by atoms with Crippen LogP contribution in [0.25, 0.3) is 102 Å². The summed E-state index contributed by atoms with van der Waals surface area (Å²) in [4.78, 5) is 15.5. The van der Waals surface area contributed by atoms with Crippen LogP contribution in [-0.2, 0) is 0 Å². The maximum atomic E-state index is 5.25. The fourth-order valence-corrected chi connectivity index (χ4v) is 9.96. The van der Waals surface area contributed by atoms with E-state index in [-0.39, 0.29) is 0 Å². The summed E-state index contributed by atoms with van der Waals surface area (Å²) in [5.41, 5.74) is 4.10. The molecule has 6 heteroatoms. The summed E-state index contributed by atoms with van der Waals surface area (Å²) in [5.74, 6) is 1.90. The van der Waals surface area contributed by atoms with E-state index in [0.717, 1.165) is 22.2 Å². The molecular weight excluding hydrogens is 637 g/mol. The standard InChI is InChI=1S/C43H24N4S2/c1-3-13-25(14-4-1)41-44-42(26-15-5-2-6-16-26)46-43(45-41)47-31-20-10-7-17-27(31)38-39(47)30-23-24-34-35(28-18-8-11-21-32(28)48-34)36(30)37-29-19-9-12-22-33(29)49-40(37)38/h1-24H. The Morgan fingerprint density at radius 3 is 1.65 bits per heavy atom. The largest absolute Gasteiger partial charge is 0.277 e. The van der Waals surface area contributed by atoms with Gasteiger partial charge in [-0.05, 0) is 24.3 Å². The Labute approximate surface area is 288 Å². The molecule has 7 aromatic carbocycles. The summed E-state index contributed by atoms with van der Waals surface area (Å²) in [6.07, 6.45) is 0. The van der Waals surface area contributed by atoms with Crippen LogP contribution in [0.2, 0.25) is 0 Å². The van der Waals surface area contributed by atoms with E-state index in [1.54, 1.807) is 0 Å². The normalized spacial score (nSPS) is 12.1. The van der Waals surface area contributed by atoms with Gasteiger partial charge in [-0.2, -0.15) is 9.97 Å². The van der Waals surface area contributed by atoms with E-state index in [9.17, 15) is 0 Å². The third-order valence-electron chi connectivity index (χ3n) is 9.63. The first-order chi connectivity index (χ1) is 24.3. The first-order valence-corrected chi connectivity index (χ1v) is 17.9. The summed E-state index contributed by atoms with van der Waals surface area (Å²) in [5, 5.41) is 10.1. The molecule has 0 N–H and O–H groups in total. The molecule has 0 aliphatic rings. The molecule has 0 aliphatic heterocycles. The molecule has 4 heterocycles. The van der Waals surface area contributed by atoms with Crippen molar-refractivity contribution in [2.24, 2.45) is 0 Å². The quantitative estimate of drug-likeness (QED) is 0.189. The summed E-state index contributed by atoms with van der Waals surface area (Å²) in [7, 11) is 0. The molecule has 11 rings (SSSR count). The monoisotopic (exact) mass is 660 g/mol. The van der Waals surface area contributed by atoms with Crippen molar-refractivity contribution in [1.82, 2.24) is 19.5 Å². The zero-order chi connectivity index (χ0) is 32.1. The van der Waals surface area contributed by atoms with Gasteiger partial charge in [0.2, 0.25) is 5.95 Å². The van der Waals surface area contributed by atoms with Crippen molar-refractivity contribution in [3.8, 4) is 28.7 Å². The van der Waals surface area contributed by atoms with Crippen LogP contribution in [0.1, 0.15) is 0 Å². The van der Waals surface area contributed by atoms with E-state index in [0.29, 0.717) is 17.6 Å². The third-order valence-corrected chi connectivity index (χ3v) is 12.0. The maximum Gasteiger partial charge on any atom is 0.238 e. The van der Waals surface area contributed by atoms with Crippen molar-refractivity contribution >= 4 is 95.6 Å². The molecule has 49 heavy (non-hydrogen) atoms. The van der Waals surface area contributed by atoms with Crippen LogP contribution >= 0.6 is 22.7 Å². The molecule has 0 amide bonds. The van der Waals surface area contributed by atoms with Crippen LogP contribution in [0.15, 0.2) is 146 Å². The number of nitrogens with zero attached hydrogens (tertiary/aromatic N) is 4. The lowest BCUT2D eigenvalue weighted by molar-refractivity contribution is 0.955. The first-order valence-electron chi connectivity index (χ1n) is 16.3. The van der Waals surface area contributed by atoms with Gasteiger partial charge in [0.05, 0.1) is 11.0 Å². The molecule has 0 atom stereocenters. The first kappa shape index (κ1) is 27.0. The van der Waals surface area contributed by atoms with Crippen LogP contribution in [-0.4, -0.2) is 19.5 Å². The molecule has 0 radical (unpaired) electrons. The molecule has 0 unspecified atom stereocenters. The van der Waals surface area contributed by atoms with Crippen LogP contribution in [0.4, 0.5) is 0 Å². The highest BCUT2D eigenvalue weighted by Gasteiger charge is 2.25. The second-order valence-corrected chi connectivity index (χ2v) is 14.5. The van der Waals surface area contributed by atoms with Gasteiger partial charge in [0.1, 0.15) is 0 Å². The number of rotatable bonds is 3. The zero-order valence-electron chi connectivity index (χ0n) is 26.0. The molecule has 0 bridgehead atoms. The Morgan fingerprint density at radius 2 is 0.959 bits per heavy atom. The fraction of sp³-hybridized carbons (Fsp3) is 0. The van der Waals surface area contributed by atoms with Crippen molar-refractivity contribution in [2.45, 2.75) is 0 Å². The second-order valence-electron chi connectivity index (χ2n) is 12.4. The topological polar surface area (TPSA) is 43.6 Å². The highest BCUT2D eigenvalue weighted by atomic mass is 32.1. The molecule has 4 nitrogen and oxygen atoms in total. The van der Waals surface area contributed by atoms with Gasteiger partial charge in [-0.15, -0.1) is 22.7 Å². The fourth-order valence-electron chi connectivity index (χ4n) is 7.57. The molecule has 0 saturated carbocycles. The van der Waals surface area contributed by atoms with E-state index in [4.69, 9.17) is 15.0 Å². The van der Waals surface area contributed by atoms with Crippen LogP contribution < -0.4 is 0 Å². The molecule has 0 fully saturated rings. The van der Waals surface area contributed by atoms with Crippen molar-refractivity contribution in [1.29, 1.82) is 0 Å². The van der Waals surface area contributed by atoms with Crippen molar-refractivity contribution in [2.75, 3.05) is 0 Å². The molecule has 0 saturated heterocycles. The van der Waals surface area contributed by atoms with Crippen molar-refractivity contribution < 1.29 is 0 Å². The van der Waals surface area contributed by atoms with E-state index in [2.05, 4.69) is 114 Å². The number of para-hydroxylation sites is 1. The lowest BCUT2D eigenvalue weighted by atomic mass is 9.96. The Bertz CT molecular complexity index is 3040. The molecule has 0 aliphatic carbocycles. The van der Waals surface area contributed by atoms with Crippen molar-refractivity contribution in [3.63, 3.8) is 0 Å². The number of thiophene rings is 2. The van der Waals surface area contributed by atoms with Crippen LogP contribution in [0.5, 0.6) is 0 Å². The molecule has 11 aromatic rings. The van der Waals surface area contributed by atoms with Crippen molar-refractivity contribution in [3.05, 3.63) is 146 Å². The van der Waals surface area contributed by atoms with E-state index < -0.39 is 0 Å². The Morgan fingerprint density at radius 1 is 0.388 bits per heavy atom. The molecule has 228 valence electrons. The molecular formula is C43H24N4S2. The third kappa shape index (κ3) is 3.87. The minimum absolute atomic E-state index is 0.607. The summed E-state index contributed by atoms with van der Waals surface area (Å²) in [6, 6.07) is 51.4. The molecule has 0 spiro atoms. The second kappa shape index (κ2) is 10.3. The lowest BCUT2D eigenvalue weighted by Gasteiger charge is -2.13. The van der Waals surface area contributed by atoms with Crippen LogP contribution in [0.3, 0.4) is 0 Å². The predicted octanol–water partition coefficient (Wildman–Crippen LogP) is 12.2. The summed E-state index contributed by atoms with van der Waals surface area (Å²) < 4.78 is 7.47. The number of benzene rings is 7. The highest BCUT2D eigenvalue weighted by molar-refractivity contribution is 7.27. The lowest BCUT2D eigenvalue weighted by Crippen LogP contribution is -2.06. The average molecular weight is 661 g/mol. The number of aromatic nitrogens is 4. The van der Waals surface area contributed by atoms with Gasteiger partial charge >= 0.3 is 0 Å².